The molecular weight excluding hydrogens is 797 g/mol. The number of pyridine rings is 2. The standard InChI is InChI=1S/C23H24GeNS.C14H16NSi.Ir/c1-15(2)16-12-13-25-20(14-16)17-8-6-9-18-22-19(24(3,4)5)10-7-11-21(22)26-23(17)18;1-16(2,3)13-9-10-14(15-11-13)12-7-5-4-6-8-12;/h6-7,9-15H,1-5H3;4-7,9-11H,1-3H3;/q2*-1;/i15D;;. The molecule has 43 heavy (non-hydrogen) atoms. The van der Waals surface area contributed by atoms with Crippen LogP contribution in [-0.4, -0.2) is 31.3 Å². The fourth-order valence-corrected chi connectivity index (χ4v) is 10.9. The van der Waals surface area contributed by atoms with Crippen molar-refractivity contribution in [2.75, 3.05) is 0 Å². The van der Waals surface area contributed by atoms with Crippen molar-refractivity contribution in [3.05, 3.63) is 109 Å². The predicted molar refractivity (Wildman–Crippen MR) is 190 cm³/mol. The molecule has 2 nitrogen and oxygen atoms in total. The zero-order chi connectivity index (χ0) is 31.0. The van der Waals surface area contributed by atoms with E-state index in [0.717, 1.165) is 28.1 Å². The third-order valence-corrected chi connectivity index (χ3v) is 15.0. The van der Waals surface area contributed by atoms with E-state index in [0.29, 0.717) is 0 Å². The van der Waals surface area contributed by atoms with Crippen molar-refractivity contribution in [1.82, 2.24) is 9.97 Å². The summed E-state index contributed by atoms with van der Waals surface area (Å²) in [5.41, 5.74) is 4.99. The summed E-state index contributed by atoms with van der Waals surface area (Å²) in [7, 11) is -1.23. The molecule has 0 bridgehead atoms. The largest absolute Gasteiger partial charge is 0 e. The van der Waals surface area contributed by atoms with E-state index in [4.69, 9.17) is 1.37 Å². The Labute approximate surface area is 280 Å². The summed E-state index contributed by atoms with van der Waals surface area (Å²) >= 11 is -0.153. The minimum Gasteiger partial charge on any atom is 0 e. The number of nitrogens with zero attached hydrogens (tertiary/aromatic N) is 2. The number of hydrogen-bond acceptors (Lipinski definition) is 3. The maximum absolute atomic E-state index is 8.35. The van der Waals surface area contributed by atoms with E-state index >= 15 is 0 Å². The first-order valence-corrected chi connectivity index (χ1v) is 26.2. The molecule has 3 aromatic carbocycles. The van der Waals surface area contributed by atoms with Gasteiger partial charge in [0.1, 0.15) is 0 Å². The molecule has 0 saturated carbocycles. The number of hydrogen-bond donors (Lipinski definition) is 0. The molecular formula is C37H40GeIrN2SSi-2. The second-order valence-corrected chi connectivity index (χ2v) is 29.7. The summed E-state index contributed by atoms with van der Waals surface area (Å²) in [4.78, 5) is 9.14. The molecule has 0 aliphatic rings. The van der Waals surface area contributed by atoms with E-state index in [2.05, 4.69) is 95.4 Å². The first kappa shape index (κ1) is 32.0. The van der Waals surface area contributed by atoms with Gasteiger partial charge in [-0.05, 0) is 10.9 Å². The number of fused-ring (bicyclic) bond motifs is 3. The monoisotopic (exact) mass is 840 g/mol. The van der Waals surface area contributed by atoms with Crippen LogP contribution in [-0.2, 0) is 20.1 Å². The molecule has 0 amide bonds. The fraction of sp³-hybridized carbons (Fsp3) is 0.243. The number of rotatable bonds is 5. The van der Waals surface area contributed by atoms with Gasteiger partial charge >= 0.3 is 164 Å². The van der Waals surface area contributed by atoms with Crippen LogP contribution in [0.2, 0.25) is 36.9 Å². The molecule has 1 radical (unpaired) electrons. The smallest absolute Gasteiger partial charge is 0 e. The van der Waals surface area contributed by atoms with Gasteiger partial charge in [0, 0.05) is 26.3 Å². The van der Waals surface area contributed by atoms with Crippen LogP contribution in [0.5, 0.6) is 0 Å². The van der Waals surface area contributed by atoms with Crippen LogP contribution in [0, 0.1) is 12.1 Å². The molecule has 6 aromatic rings. The Kier molecular flexibility index (Phi) is 10.2. The average molecular weight is 839 g/mol. The van der Waals surface area contributed by atoms with Gasteiger partial charge in [0.2, 0.25) is 0 Å². The third kappa shape index (κ3) is 7.64. The molecule has 0 unspecified atom stereocenters. The molecule has 0 aliphatic heterocycles. The van der Waals surface area contributed by atoms with Crippen molar-refractivity contribution < 1.29 is 21.5 Å². The van der Waals surface area contributed by atoms with Crippen LogP contribution >= 0.6 is 11.3 Å². The van der Waals surface area contributed by atoms with Gasteiger partial charge in [-0.25, -0.2) is 0 Å². The maximum atomic E-state index is 8.35. The normalized spacial score (nSPS) is 12.3. The summed E-state index contributed by atoms with van der Waals surface area (Å²) in [6, 6.07) is 33.8. The van der Waals surface area contributed by atoms with Crippen LogP contribution in [0.15, 0.2) is 91.3 Å². The van der Waals surface area contributed by atoms with E-state index in [1.54, 1.807) is 4.40 Å². The minimum atomic E-state index is -1.99. The Morgan fingerprint density at radius 1 is 0.860 bits per heavy atom. The van der Waals surface area contributed by atoms with Gasteiger partial charge in [-0.3, -0.25) is 0 Å². The Bertz CT molecular complexity index is 1870. The zero-order valence-electron chi connectivity index (χ0n) is 27.3. The van der Waals surface area contributed by atoms with E-state index < -0.39 is 27.2 Å². The van der Waals surface area contributed by atoms with Crippen molar-refractivity contribution in [3.8, 4) is 22.5 Å². The molecule has 0 saturated heterocycles. The van der Waals surface area contributed by atoms with E-state index in [9.17, 15) is 0 Å². The van der Waals surface area contributed by atoms with Crippen molar-refractivity contribution in [1.29, 1.82) is 0 Å². The van der Waals surface area contributed by atoms with Gasteiger partial charge in [-0.2, -0.15) is 0 Å². The molecule has 0 aliphatic carbocycles. The molecule has 0 N–H and O–H groups in total. The molecule has 223 valence electrons. The van der Waals surface area contributed by atoms with Crippen LogP contribution in [0.1, 0.15) is 26.7 Å². The second kappa shape index (κ2) is 13.7. The van der Waals surface area contributed by atoms with Gasteiger partial charge in [0.05, 0.1) is 8.07 Å². The topological polar surface area (TPSA) is 25.8 Å². The van der Waals surface area contributed by atoms with Crippen LogP contribution < -0.4 is 9.58 Å². The second-order valence-electron chi connectivity index (χ2n) is 13.0. The maximum Gasteiger partial charge on any atom is 0 e. The van der Waals surface area contributed by atoms with Crippen LogP contribution in [0.3, 0.4) is 0 Å². The average Bonchev–Trinajstić information content (AvgIpc) is 3.36. The molecule has 0 fully saturated rings. The molecule has 6 rings (SSSR count). The number of thiophene rings is 1. The van der Waals surface area contributed by atoms with E-state index in [1.807, 2.05) is 80.0 Å². The Morgan fingerprint density at radius 3 is 2.28 bits per heavy atom. The SMILES string of the molecule is C[Si](C)(C)c1ccc(-c2[c-]cccc2)nc1.[2H]C(C)(C)c1ccnc(-c2[c-]ccc3c2sc2ccc[c]([Ge]([CH3])([CH3])[CH3])c23)c1.[Ir]. The molecule has 3 aromatic heterocycles. The Morgan fingerprint density at radius 2 is 1.65 bits per heavy atom. The summed E-state index contributed by atoms with van der Waals surface area (Å²) in [5.74, 6) is 6.72. The third-order valence-electron chi connectivity index (χ3n) is 7.47. The fourth-order valence-electron chi connectivity index (χ4n) is 5.03. The number of aromatic nitrogens is 2. The Balaban J connectivity index is 0.000000223. The van der Waals surface area contributed by atoms with Crippen molar-refractivity contribution >= 4 is 62.4 Å². The Hall–Kier alpha value is -2.41. The molecule has 6 heteroatoms. The summed E-state index contributed by atoms with van der Waals surface area (Å²) < 4.78 is 12.5. The van der Waals surface area contributed by atoms with Crippen LogP contribution in [0.25, 0.3) is 42.7 Å². The summed E-state index contributed by atoms with van der Waals surface area (Å²) in [6.07, 6.45) is 3.83. The van der Waals surface area contributed by atoms with Gasteiger partial charge < -0.3 is 4.98 Å². The molecule has 3 heterocycles. The predicted octanol–water partition coefficient (Wildman–Crippen LogP) is 9.68. The van der Waals surface area contributed by atoms with Gasteiger partial charge in [-0.15, -0.1) is 35.9 Å². The first-order chi connectivity index (χ1) is 20.2. The number of benzene rings is 3. The first-order valence-electron chi connectivity index (χ1n) is 15.0. The van der Waals surface area contributed by atoms with E-state index in [1.165, 1.54) is 25.4 Å². The van der Waals surface area contributed by atoms with E-state index in [-0.39, 0.29) is 20.1 Å². The van der Waals surface area contributed by atoms with Gasteiger partial charge in [0.25, 0.3) is 0 Å². The summed E-state index contributed by atoms with van der Waals surface area (Å²) in [5, 5.41) is 4.14. The van der Waals surface area contributed by atoms with Crippen LogP contribution in [0.4, 0.5) is 0 Å². The minimum absolute atomic E-state index is 0. The zero-order valence-corrected chi connectivity index (χ0v) is 32.6. The quantitative estimate of drug-likeness (QED) is 0.128. The van der Waals surface area contributed by atoms with Gasteiger partial charge in [-0.1, -0.05) is 31.8 Å². The summed E-state index contributed by atoms with van der Waals surface area (Å²) in [6.45, 7) is 10.8. The molecule has 0 spiro atoms. The van der Waals surface area contributed by atoms with Gasteiger partial charge in [0.15, 0.2) is 0 Å². The molecule has 0 atom stereocenters. The van der Waals surface area contributed by atoms with Crippen molar-refractivity contribution in [2.24, 2.45) is 0 Å². The van der Waals surface area contributed by atoms with Crippen molar-refractivity contribution in [2.45, 2.75) is 56.7 Å². The van der Waals surface area contributed by atoms with Crippen molar-refractivity contribution in [3.63, 3.8) is 0 Å².